The summed E-state index contributed by atoms with van der Waals surface area (Å²) in [7, 11) is 0. The standard InChI is InChI=1S/C10H14N2O4/c1-3-16-9(13)6-8-7(2)4-5-12(11-15)10(8)14/h3-6H2,1-2H3. The van der Waals surface area contributed by atoms with E-state index in [-0.39, 0.29) is 19.6 Å². The van der Waals surface area contributed by atoms with Crippen LogP contribution >= 0.6 is 0 Å². The van der Waals surface area contributed by atoms with Gasteiger partial charge in [0.25, 0.3) is 5.91 Å². The molecule has 0 radical (unpaired) electrons. The average molecular weight is 226 g/mol. The molecule has 1 rings (SSSR count). The van der Waals surface area contributed by atoms with E-state index in [1.54, 1.807) is 13.8 Å². The molecule has 0 aromatic carbocycles. The highest BCUT2D eigenvalue weighted by Crippen LogP contribution is 2.22. The minimum atomic E-state index is -0.494. The molecule has 0 spiro atoms. The van der Waals surface area contributed by atoms with Crippen molar-refractivity contribution in [2.75, 3.05) is 13.2 Å². The molecule has 0 atom stereocenters. The largest absolute Gasteiger partial charge is 0.466 e. The fraction of sp³-hybridized carbons (Fsp3) is 0.600. The molecule has 0 aliphatic carbocycles. The van der Waals surface area contributed by atoms with Crippen LogP contribution in [0, 0.1) is 4.91 Å². The maximum absolute atomic E-state index is 11.7. The van der Waals surface area contributed by atoms with Crippen molar-refractivity contribution < 1.29 is 14.3 Å². The zero-order valence-electron chi connectivity index (χ0n) is 9.36. The molecule has 0 saturated carbocycles. The first-order valence-corrected chi connectivity index (χ1v) is 5.09. The molecule has 1 aliphatic heterocycles. The first-order valence-electron chi connectivity index (χ1n) is 5.09. The first-order chi connectivity index (χ1) is 7.60. The summed E-state index contributed by atoms with van der Waals surface area (Å²) >= 11 is 0. The van der Waals surface area contributed by atoms with E-state index in [9.17, 15) is 14.5 Å². The van der Waals surface area contributed by atoms with Crippen LogP contribution in [0.15, 0.2) is 16.4 Å². The molecule has 16 heavy (non-hydrogen) atoms. The predicted octanol–water partition coefficient (Wildman–Crippen LogP) is 1.17. The van der Waals surface area contributed by atoms with Crippen LogP contribution in [0.25, 0.3) is 0 Å². The van der Waals surface area contributed by atoms with E-state index >= 15 is 0 Å². The van der Waals surface area contributed by atoms with Gasteiger partial charge in [0.15, 0.2) is 0 Å². The van der Waals surface area contributed by atoms with Crippen LogP contribution in [0.3, 0.4) is 0 Å². The van der Waals surface area contributed by atoms with E-state index in [1.807, 2.05) is 0 Å². The molecule has 1 heterocycles. The lowest BCUT2D eigenvalue weighted by Crippen LogP contribution is -2.33. The van der Waals surface area contributed by atoms with E-state index in [2.05, 4.69) is 5.29 Å². The van der Waals surface area contributed by atoms with Crippen molar-refractivity contribution in [2.45, 2.75) is 26.7 Å². The summed E-state index contributed by atoms with van der Waals surface area (Å²) in [5, 5.41) is 3.45. The van der Waals surface area contributed by atoms with Crippen molar-refractivity contribution >= 4 is 11.9 Å². The lowest BCUT2D eigenvalue weighted by atomic mass is 9.99. The van der Waals surface area contributed by atoms with E-state index in [0.29, 0.717) is 12.0 Å². The summed E-state index contributed by atoms with van der Waals surface area (Å²) in [5.41, 5.74) is 1.14. The van der Waals surface area contributed by atoms with E-state index in [0.717, 1.165) is 10.6 Å². The van der Waals surface area contributed by atoms with Gasteiger partial charge in [0.2, 0.25) is 0 Å². The van der Waals surface area contributed by atoms with Gasteiger partial charge in [0.1, 0.15) is 0 Å². The number of carbonyl (C=O) groups is 2. The molecule has 0 saturated heterocycles. The van der Waals surface area contributed by atoms with Gasteiger partial charge >= 0.3 is 5.97 Å². The molecule has 0 aromatic heterocycles. The zero-order chi connectivity index (χ0) is 12.1. The molecule has 1 aliphatic rings. The summed E-state index contributed by atoms with van der Waals surface area (Å²) in [6.07, 6.45) is 0.469. The van der Waals surface area contributed by atoms with Crippen molar-refractivity contribution in [2.24, 2.45) is 5.29 Å². The van der Waals surface area contributed by atoms with Gasteiger partial charge < -0.3 is 4.74 Å². The highest BCUT2D eigenvalue weighted by molar-refractivity contribution is 5.98. The number of nitrogens with zero attached hydrogens (tertiary/aromatic N) is 2. The topological polar surface area (TPSA) is 76.0 Å². The van der Waals surface area contributed by atoms with E-state index in [4.69, 9.17) is 4.74 Å². The normalized spacial score (nSPS) is 16.4. The third-order valence-corrected chi connectivity index (χ3v) is 2.43. The van der Waals surface area contributed by atoms with Crippen LogP contribution in [0.5, 0.6) is 0 Å². The monoisotopic (exact) mass is 226 g/mol. The van der Waals surface area contributed by atoms with Crippen LogP contribution in [-0.2, 0) is 14.3 Å². The second-order valence-corrected chi connectivity index (χ2v) is 3.50. The third-order valence-electron chi connectivity index (χ3n) is 2.43. The van der Waals surface area contributed by atoms with Crippen LogP contribution in [0.1, 0.15) is 26.7 Å². The van der Waals surface area contributed by atoms with Crippen molar-refractivity contribution in [1.82, 2.24) is 5.01 Å². The van der Waals surface area contributed by atoms with Gasteiger partial charge in [-0.3, -0.25) is 9.59 Å². The SMILES string of the molecule is CCOC(=O)CC1=C(C)CCN(N=O)C1=O. The number of hydrogen-bond donors (Lipinski definition) is 0. The third kappa shape index (κ3) is 2.65. The van der Waals surface area contributed by atoms with Crippen molar-refractivity contribution in [3.05, 3.63) is 16.1 Å². The molecule has 0 unspecified atom stereocenters. The number of hydrogen-bond acceptors (Lipinski definition) is 5. The molecule has 0 bridgehead atoms. The van der Waals surface area contributed by atoms with Crippen LogP contribution in [0.2, 0.25) is 0 Å². The quantitative estimate of drug-likeness (QED) is 0.532. The lowest BCUT2D eigenvalue weighted by Gasteiger charge is -2.22. The minimum Gasteiger partial charge on any atom is -0.466 e. The Kier molecular flexibility index (Phi) is 4.16. The van der Waals surface area contributed by atoms with E-state index in [1.165, 1.54) is 0 Å². The molecule has 0 fully saturated rings. The molecule has 6 nitrogen and oxygen atoms in total. The number of rotatable bonds is 4. The highest BCUT2D eigenvalue weighted by atomic mass is 16.5. The fourth-order valence-electron chi connectivity index (χ4n) is 1.53. The number of esters is 1. The zero-order valence-corrected chi connectivity index (χ0v) is 9.36. The number of amides is 1. The van der Waals surface area contributed by atoms with Crippen LogP contribution < -0.4 is 0 Å². The Hall–Kier alpha value is -1.72. The van der Waals surface area contributed by atoms with Gasteiger partial charge in [0.05, 0.1) is 24.9 Å². The lowest BCUT2D eigenvalue weighted by molar-refractivity contribution is -0.143. The molecule has 1 amide bonds. The molecule has 88 valence electrons. The predicted molar refractivity (Wildman–Crippen MR) is 56.1 cm³/mol. The summed E-state index contributed by atoms with van der Waals surface area (Å²) < 4.78 is 4.76. The van der Waals surface area contributed by atoms with Gasteiger partial charge in [-0.15, -0.1) is 4.91 Å². The van der Waals surface area contributed by atoms with Crippen LogP contribution in [0.4, 0.5) is 0 Å². The van der Waals surface area contributed by atoms with Crippen molar-refractivity contribution in [3.63, 3.8) is 0 Å². The summed E-state index contributed by atoms with van der Waals surface area (Å²) in [5.74, 6) is -0.954. The molecule has 6 heteroatoms. The summed E-state index contributed by atoms with van der Waals surface area (Å²) in [6, 6.07) is 0. The molecular formula is C10H14N2O4. The smallest absolute Gasteiger partial charge is 0.310 e. The second-order valence-electron chi connectivity index (χ2n) is 3.50. The average Bonchev–Trinajstić information content (AvgIpc) is 2.25. The Balaban J connectivity index is 2.79. The van der Waals surface area contributed by atoms with E-state index < -0.39 is 11.9 Å². The molecular weight excluding hydrogens is 212 g/mol. The fourth-order valence-corrected chi connectivity index (χ4v) is 1.53. The van der Waals surface area contributed by atoms with Gasteiger partial charge in [-0.2, -0.15) is 5.01 Å². The van der Waals surface area contributed by atoms with Gasteiger partial charge in [-0.25, -0.2) is 0 Å². The Morgan fingerprint density at radius 3 is 2.81 bits per heavy atom. The van der Waals surface area contributed by atoms with Crippen molar-refractivity contribution in [1.29, 1.82) is 0 Å². The van der Waals surface area contributed by atoms with Gasteiger partial charge in [-0.1, -0.05) is 5.57 Å². The Labute approximate surface area is 93.2 Å². The van der Waals surface area contributed by atoms with Gasteiger partial charge in [-0.05, 0) is 20.3 Å². The summed E-state index contributed by atoms with van der Waals surface area (Å²) in [4.78, 5) is 33.3. The number of carbonyl (C=O) groups excluding carboxylic acids is 2. The van der Waals surface area contributed by atoms with Gasteiger partial charge in [0, 0.05) is 5.57 Å². The van der Waals surface area contributed by atoms with Crippen LogP contribution in [-0.4, -0.2) is 30.0 Å². The van der Waals surface area contributed by atoms with Crippen molar-refractivity contribution in [3.8, 4) is 0 Å². The number of nitroso groups, excluding NO2 is 1. The highest BCUT2D eigenvalue weighted by Gasteiger charge is 2.27. The molecule has 0 N–H and O–H groups in total. The number of ether oxygens (including phenoxy) is 1. The summed E-state index contributed by atoms with van der Waals surface area (Å²) in [6.45, 7) is 4.02. The molecule has 0 aromatic rings. The Morgan fingerprint density at radius 2 is 2.25 bits per heavy atom. The maximum atomic E-state index is 11.7. The Morgan fingerprint density at radius 1 is 1.56 bits per heavy atom. The maximum Gasteiger partial charge on any atom is 0.310 e. The minimum absolute atomic E-state index is 0.0927. The first kappa shape index (κ1) is 12.4. The Bertz CT molecular complexity index is 349. The second kappa shape index (κ2) is 5.39.